The Morgan fingerprint density at radius 3 is 2.62 bits per heavy atom. The van der Waals surface area contributed by atoms with E-state index in [0.29, 0.717) is 16.4 Å². The molecule has 2 aromatic rings. The lowest BCUT2D eigenvalue weighted by atomic mass is 9.88. The van der Waals surface area contributed by atoms with Gasteiger partial charge in [-0.2, -0.15) is 0 Å². The van der Waals surface area contributed by atoms with Gasteiger partial charge in [0.1, 0.15) is 11.6 Å². The summed E-state index contributed by atoms with van der Waals surface area (Å²) in [5.74, 6) is 0.292. The van der Waals surface area contributed by atoms with Gasteiger partial charge in [-0.1, -0.05) is 6.08 Å². The van der Waals surface area contributed by atoms with Gasteiger partial charge in [-0.25, -0.2) is 4.39 Å². The van der Waals surface area contributed by atoms with Crippen molar-refractivity contribution in [2.75, 3.05) is 0 Å². The summed E-state index contributed by atoms with van der Waals surface area (Å²) in [5.41, 5.74) is 2.61. The van der Waals surface area contributed by atoms with Crippen molar-refractivity contribution < 1.29 is 13.9 Å². The molecule has 0 fully saturated rings. The number of rotatable bonds is 2. The number of carbonyl (C=O) groups excluding carboxylic acids is 1. The molecule has 4 heteroatoms. The van der Waals surface area contributed by atoms with E-state index in [2.05, 4.69) is 0 Å². The summed E-state index contributed by atoms with van der Waals surface area (Å²) in [4.78, 5) is 13.6. The van der Waals surface area contributed by atoms with E-state index in [1.54, 1.807) is 12.1 Å². The summed E-state index contributed by atoms with van der Waals surface area (Å²) < 4.78 is 18.8. The van der Waals surface area contributed by atoms with Gasteiger partial charge in [0.2, 0.25) is 0 Å². The number of aryl methyl sites for hydroxylation is 1. The maximum Gasteiger partial charge on any atom is 0.193 e. The van der Waals surface area contributed by atoms with Gasteiger partial charge in [0.05, 0.1) is 5.56 Å². The van der Waals surface area contributed by atoms with Crippen molar-refractivity contribution >= 4 is 17.1 Å². The molecular weight excluding hydrogens is 287 g/mol. The Labute approximate surface area is 126 Å². The minimum atomic E-state index is -0.306. The number of benzene rings is 1. The third-order valence-electron chi connectivity index (χ3n) is 3.71. The fourth-order valence-electron chi connectivity index (χ4n) is 2.57. The summed E-state index contributed by atoms with van der Waals surface area (Å²) in [6.45, 7) is 3.90. The molecule has 1 aromatic carbocycles. The first-order valence-corrected chi connectivity index (χ1v) is 7.67. The summed E-state index contributed by atoms with van der Waals surface area (Å²) in [6.07, 6.45) is 3.53. The van der Waals surface area contributed by atoms with Gasteiger partial charge in [0, 0.05) is 4.88 Å². The van der Waals surface area contributed by atoms with Crippen LogP contribution in [-0.2, 0) is 6.42 Å². The Kier molecular flexibility index (Phi) is 3.64. The highest BCUT2D eigenvalue weighted by molar-refractivity contribution is 7.14. The number of hydrogen-bond acceptors (Lipinski definition) is 3. The Morgan fingerprint density at radius 2 is 1.95 bits per heavy atom. The van der Waals surface area contributed by atoms with E-state index in [-0.39, 0.29) is 11.6 Å². The van der Waals surface area contributed by atoms with E-state index in [1.807, 2.05) is 19.9 Å². The Balaban J connectivity index is 2.01. The lowest BCUT2D eigenvalue weighted by molar-refractivity contribution is 0.102. The summed E-state index contributed by atoms with van der Waals surface area (Å²) in [6, 6.07) is 5.84. The van der Waals surface area contributed by atoms with Crippen LogP contribution in [0.15, 0.2) is 35.9 Å². The molecule has 0 amide bonds. The van der Waals surface area contributed by atoms with E-state index in [4.69, 9.17) is 4.74 Å². The molecule has 1 aromatic heterocycles. The molecule has 1 aliphatic carbocycles. The number of Topliss-reactive ketones (excluding diaryl/α,β-unsaturated/α-hetero) is 1. The first-order chi connectivity index (χ1) is 10.1. The quantitative estimate of drug-likeness (QED) is 0.724. The van der Waals surface area contributed by atoms with Crippen LogP contribution in [0.25, 0.3) is 0 Å². The van der Waals surface area contributed by atoms with Crippen LogP contribution in [0.4, 0.5) is 4.39 Å². The zero-order valence-corrected chi connectivity index (χ0v) is 12.7. The number of ether oxygens (including phenoxy) is 1. The molecule has 0 N–H and O–H groups in total. The summed E-state index contributed by atoms with van der Waals surface area (Å²) >= 11 is 1.48. The molecule has 108 valence electrons. The SMILES string of the molecule is C/C=C1\CCc2c(C)sc(Oc3ccc(F)cc3)c2C1=O. The van der Waals surface area contributed by atoms with Gasteiger partial charge >= 0.3 is 0 Å². The second-order valence-electron chi connectivity index (χ2n) is 5.00. The third kappa shape index (κ3) is 2.51. The van der Waals surface area contributed by atoms with E-state index in [1.165, 1.54) is 23.5 Å². The number of allylic oxidation sites excluding steroid dienone is 2. The predicted molar refractivity (Wildman–Crippen MR) is 81.9 cm³/mol. The van der Waals surface area contributed by atoms with Gasteiger partial charge in [0.25, 0.3) is 0 Å². The van der Waals surface area contributed by atoms with Gasteiger partial charge < -0.3 is 4.74 Å². The molecule has 1 aliphatic rings. The molecule has 3 rings (SSSR count). The van der Waals surface area contributed by atoms with Crippen molar-refractivity contribution in [2.45, 2.75) is 26.7 Å². The number of halogens is 1. The molecule has 1 heterocycles. The first kappa shape index (κ1) is 14.0. The summed E-state index contributed by atoms with van der Waals surface area (Å²) in [7, 11) is 0. The largest absolute Gasteiger partial charge is 0.446 e. The van der Waals surface area contributed by atoms with Crippen molar-refractivity contribution in [3.8, 4) is 10.8 Å². The second kappa shape index (κ2) is 5.45. The monoisotopic (exact) mass is 302 g/mol. The van der Waals surface area contributed by atoms with Crippen molar-refractivity contribution in [3.63, 3.8) is 0 Å². The van der Waals surface area contributed by atoms with Gasteiger partial charge in [-0.15, -0.1) is 11.3 Å². The normalized spacial score (nSPS) is 16.1. The predicted octanol–water partition coefficient (Wildman–Crippen LogP) is 5.06. The number of ketones is 1. The standard InChI is InChI=1S/C17H15FO2S/c1-3-11-4-9-14-10(2)21-17(15(14)16(11)19)20-13-7-5-12(18)6-8-13/h3,5-8H,4,9H2,1-2H3/b11-3+. The van der Waals surface area contributed by atoms with E-state index in [0.717, 1.165) is 28.9 Å². The molecule has 0 aliphatic heterocycles. The van der Waals surface area contributed by atoms with Crippen molar-refractivity contribution in [2.24, 2.45) is 0 Å². The second-order valence-corrected chi connectivity index (χ2v) is 6.19. The topological polar surface area (TPSA) is 26.3 Å². The molecule has 0 unspecified atom stereocenters. The molecule has 21 heavy (non-hydrogen) atoms. The van der Waals surface area contributed by atoms with E-state index < -0.39 is 0 Å². The number of carbonyl (C=O) groups is 1. The lowest BCUT2D eigenvalue weighted by Crippen LogP contribution is -2.13. The van der Waals surface area contributed by atoms with Crippen LogP contribution >= 0.6 is 11.3 Å². The number of hydrogen-bond donors (Lipinski definition) is 0. The lowest BCUT2D eigenvalue weighted by Gasteiger charge is -2.15. The third-order valence-corrected chi connectivity index (χ3v) is 4.74. The molecule has 2 nitrogen and oxygen atoms in total. The highest BCUT2D eigenvalue weighted by Crippen LogP contribution is 2.42. The summed E-state index contributed by atoms with van der Waals surface area (Å²) in [5, 5.41) is 0.609. The maximum absolute atomic E-state index is 12.9. The number of thiophene rings is 1. The van der Waals surface area contributed by atoms with Gasteiger partial charge in [-0.3, -0.25) is 4.79 Å². The minimum absolute atomic E-state index is 0.0558. The van der Waals surface area contributed by atoms with E-state index >= 15 is 0 Å². The van der Waals surface area contributed by atoms with Crippen LogP contribution in [0.3, 0.4) is 0 Å². The minimum Gasteiger partial charge on any atom is -0.446 e. The highest BCUT2D eigenvalue weighted by Gasteiger charge is 2.29. The average Bonchev–Trinajstić information content (AvgIpc) is 2.79. The van der Waals surface area contributed by atoms with Crippen molar-refractivity contribution in [3.05, 3.63) is 57.7 Å². The van der Waals surface area contributed by atoms with Crippen molar-refractivity contribution in [1.82, 2.24) is 0 Å². The molecular formula is C17H15FO2S. The average molecular weight is 302 g/mol. The van der Waals surface area contributed by atoms with Crippen molar-refractivity contribution in [1.29, 1.82) is 0 Å². The van der Waals surface area contributed by atoms with Crippen LogP contribution in [0.1, 0.15) is 34.1 Å². The Morgan fingerprint density at radius 1 is 1.24 bits per heavy atom. The molecule has 0 atom stereocenters. The molecule has 0 radical (unpaired) electrons. The fourth-order valence-corrected chi connectivity index (χ4v) is 3.63. The van der Waals surface area contributed by atoms with Crippen LogP contribution in [-0.4, -0.2) is 5.78 Å². The van der Waals surface area contributed by atoms with Gasteiger partial charge in [0.15, 0.2) is 10.8 Å². The van der Waals surface area contributed by atoms with E-state index in [9.17, 15) is 9.18 Å². The van der Waals surface area contributed by atoms with Gasteiger partial charge in [-0.05, 0) is 62.1 Å². The Hall–Kier alpha value is -1.94. The van der Waals surface area contributed by atoms with Crippen LogP contribution in [0.5, 0.6) is 10.8 Å². The van der Waals surface area contributed by atoms with Crippen LogP contribution < -0.4 is 4.74 Å². The molecule has 0 spiro atoms. The highest BCUT2D eigenvalue weighted by atomic mass is 32.1. The van der Waals surface area contributed by atoms with Crippen LogP contribution in [0, 0.1) is 12.7 Å². The first-order valence-electron chi connectivity index (χ1n) is 6.85. The zero-order chi connectivity index (χ0) is 15.0. The fraction of sp³-hybridized carbons (Fsp3) is 0.235. The Bertz CT molecular complexity index is 726. The number of fused-ring (bicyclic) bond motifs is 1. The van der Waals surface area contributed by atoms with Crippen LogP contribution in [0.2, 0.25) is 0 Å². The zero-order valence-electron chi connectivity index (χ0n) is 11.9. The molecule has 0 bridgehead atoms. The molecule has 0 saturated carbocycles. The maximum atomic E-state index is 12.9. The smallest absolute Gasteiger partial charge is 0.193 e. The molecule has 0 saturated heterocycles.